The SMILES string of the molecule is Cc1ccc(C[C@@H](Oc2cccc3ccccc23)C(=O)O)cc1C. The minimum Gasteiger partial charge on any atom is -0.478 e. The highest BCUT2D eigenvalue weighted by molar-refractivity contribution is 5.88. The van der Waals surface area contributed by atoms with Gasteiger partial charge >= 0.3 is 5.97 Å². The fourth-order valence-corrected chi connectivity index (χ4v) is 2.78. The summed E-state index contributed by atoms with van der Waals surface area (Å²) in [5.41, 5.74) is 3.31. The third-order valence-electron chi connectivity index (χ3n) is 4.29. The van der Waals surface area contributed by atoms with E-state index in [9.17, 15) is 9.90 Å². The number of rotatable bonds is 5. The second-order valence-electron chi connectivity index (χ2n) is 6.04. The maximum Gasteiger partial charge on any atom is 0.345 e. The molecule has 0 saturated carbocycles. The number of ether oxygens (including phenoxy) is 1. The standard InChI is InChI=1S/C21H20O3/c1-14-10-11-16(12-15(14)2)13-20(21(22)23)24-19-9-5-7-17-6-3-4-8-18(17)19/h3-12,20H,13H2,1-2H3,(H,22,23)/t20-/m1/s1. The summed E-state index contributed by atoms with van der Waals surface area (Å²) in [5.74, 6) is -0.356. The maximum atomic E-state index is 11.7. The van der Waals surface area contributed by atoms with Gasteiger partial charge in [-0.15, -0.1) is 0 Å². The van der Waals surface area contributed by atoms with Crippen LogP contribution in [-0.4, -0.2) is 17.2 Å². The molecule has 0 aliphatic rings. The summed E-state index contributed by atoms with van der Waals surface area (Å²) < 4.78 is 5.86. The van der Waals surface area contributed by atoms with Gasteiger partial charge in [0, 0.05) is 11.8 Å². The van der Waals surface area contributed by atoms with E-state index in [1.807, 2.05) is 74.5 Å². The van der Waals surface area contributed by atoms with Gasteiger partial charge in [-0.2, -0.15) is 0 Å². The summed E-state index contributed by atoms with van der Waals surface area (Å²) in [4.78, 5) is 11.7. The van der Waals surface area contributed by atoms with E-state index < -0.39 is 12.1 Å². The van der Waals surface area contributed by atoms with Gasteiger partial charge in [-0.3, -0.25) is 0 Å². The number of carboxylic acids is 1. The quantitative estimate of drug-likeness (QED) is 0.751. The molecule has 0 saturated heterocycles. The Labute approximate surface area is 141 Å². The van der Waals surface area contributed by atoms with Crippen LogP contribution in [0.2, 0.25) is 0 Å². The average Bonchev–Trinajstić information content (AvgIpc) is 2.57. The fourth-order valence-electron chi connectivity index (χ4n) is 2.78. The topological polar surface area (TPSA) is 46.5 Å². The third kappa shape index (κ3) is 3.40. The van der Waals surface area contributed by atoms with E-state index in [4.69, 9.17) is 4.74 Å². The molecule has 0 fully saturated rings. The van der Waals surface area contributed by atoms with Gasteiger partial charge in [0.15, 0.2) is 6.10 Å². The summed E-state index contributed by atoms with van der Waals surface area (Å²) in [6, 6.07) is 19.5. The number of hydrogen-bond donors (Lipinski definition) is 1. The Bertz CT molecular complexity index is 878. The smallest absolute Gasteiger partial charge is 0.345 e. The molecular weight excluding hydrogens is 300 g/mol. The Balaban J connectivity index is 1.88. The number of carboxylic acid groups (broad SMARTS) is 1. The van der Waals surface area contributed by atoms with Crippen LogP contribution in [0, 0.1) is 13.8 Å². The molecule has 0 aliphatic heterocycles. The molecule has 0 amide bonds. The minimum atomic E-state index is -0.957. The van der Waals surface area contributed by atoms with Crippen LogP contribution in [0.4, 0.5) is 0 Å². The molecule has 24 heavy (non-hydrogen) atoms. The van der Waals surface area contributed by atoms with Crippen molar-refractivity contribution in [2.75, 3.05) is 0 Å². The van der Waals surface area contributed by atoms with Crippen molar-refractivity contribution in [3.05, 3.63) is 77.4 Å². The molecule has 0 radical (unpaired) electrons. The molecule has 3 nitrogen and oxygen atoms in total. The Kier molecular flexibility index (Phi) is 4.52. The van der Waals surface area contributed by atoms with Crippen molar-refractivity contribution in [3.63, 3.8) is 0 Å². The summed E-state index contributed by atoms with van der Waals surface area (Å²) in [6.45, 7) is 4.07. The molecule has 0 heterocycles. The molecule has 3 aromatic rings. The molecule has 0 unspecified atom stereocenters. The van der Waals surface area contributed by atoms with Crippen molar-refractivity contribution in [1.29, 1.82) is 0 Å². The number of hydrogen-bond acceptors (Lipinski definition) is 2. The summed E-state index contributed by atoms with van der Waals surface area (Å²) in [6.07, 6.45) is -0.586. The van der Waals surface area contributed by atoms with Crippen molar-refractivity contribution >= 4 is 16.7 Å². The van der Waals surface area contributed by atoms with E-state index in [1.54, 1.807) is 0 Å². The zero-order valence-electron chi connectivity index (χ0n) is 13.8. The molecule has 0 aromatic heterocycles. The van der Waals surface area contributed by atoms with E-state index in [2.05, 4.69) is 0 Å². The van der Waals surface area contributed by atoms with Gasteiger partial charge in [-0.05, 0) is 42.0 Å². The van der Waals surface area contributed by atoms with Gasteiger partial charge in [0.1, 0.15) is 5.75 Å². The van der Waals surface area contributed by atoms with Gasteiger partial charge in [0.2, 0.25) is 0 Å². The van der Waals surface area contributed by atoms with Gasteiger partial charge in [0.25, 0.3) is 0 Å². The van der Waals surface area contributed by atoms with E-state index in [1.165, 1.54) is 5.56 Å². The predicted molar refractivity (Wildman–Crippen MR) is 95.6 cm³/mol. The molecule has 1 atom stereocenters. The molecule has 0 aliphatic carbocycles. The minimum absolute atomic E-state index is 0.333. The molecule has 3 rings (SSSR count). The molecule has 0 bridgehead atoms. The van der Waals surface area contributed by atoms with Crippen molar-refractivity contribution in [1.82, 2.24) is 0 Å². The van der Waals surface area contributed by atoms with Crippen LogP contribution in [0.5, 0.6) is 5.75 Å². The van der Waals surface area contributed by atoms with E-state index in [0.717, 1.165) is 21.9 Å². The van der Waals surface area contributed by atoms with Gasteiger partial charge in [0.05, 0.1) is 0 Å². The number of benzene rings is 3. The molecular formula is C21H20O3. The third-order valence-corrected chi connectivity index (χ3v) is 4.29. The second-order valence-corrected chi connectivity index (χ2v) is 6.04. The zero-order chi connectivity index (χ0) is 17.1. The molecule has 122 valence electrons. The predicted octanol–water partition coefficient (Wildman–Crippen LogP) is 4.53. The number of aliphatic carboxylic acids is 1. The summed E-state index contributed by atoms with van der Waals surface area (Å²) >= 11 is 0. The highest BCUT2D eigenvalue weighted by Crippen LogP contribution is 2.27. The number of fused-ring (bicyclic) bond motifs is 1. The van der Waals surface area contributed by atoms with Crippen LogP contribution < -0.4 is 4.74 Å². The van der Waals surface area contributed by atoms with Crippen LogP contribution >= 0.6 is 0 Å². The van der Waals surface area contributed by atoms with E-state index in [0.29, 0.717) is 12.2 Å². The van der Waals surface area contributed by atoms with Crippen LogP contribution in [0.15, 0.2) is 60.7 Å². The maximum absolute atomic E-state index is 11.7. The van der Waals surface area contributed by atoms with E-state index in [-0.39, 0.29) is 0 Å². The fraction of sp³-hybridized carbons (Fsp3) is 0.190. The highest BCUT2D eigenvalue weighted by Gasteiger charge is 2.21. The van der Waals surface area contributed by atoms with Crippen molar-refractivity contribution in [3.8, 4) is 5.75 Å². The van der Waals surface area contributed by atoms with Crippen molar-refractivity contribution in [2.24, 2.45) is 0 Å². The molecule has 3 aromatic carbocycles. The Morgan fingerprint density at radius 3 is 2.50 bits per heavy atom. The Morgan fingerprint density at radius 2 is 1.75 bits per heavy atom. The Hall–Kier alpha value is -2.81. The van der Waals surface area contributed by atoms with Crippen LogP contribution in [-0.2, 0) is 11.2 Å². The van der Waals surface area contributed by atoms with Crippen LogP contribution in [0.1, 0.15) is 16.7 Å². The molecule has 1 N–H and O–H groups in total. The monoisotopic (exact) mass is 320 g/mol. The second kappa shape index (κ2) is 6.75. The lowest BCUT2D eigenvalue weighted by molar-refractivity contribution is -0.144. The first-order valence-corrected chi connectivity index (χ1v) is 7.98. The lowest BCUT2D eigenvalue weighted by Crippen LogP contribution is -2.29. The van der Waals surface area contributed by atoms with E-state index >= 15 is 0 Å². The van der Waals surface area contributed by atoms with Crippen molar-refractivity contribution in [2.45, 2.75) is 26.4 Å². The van der Waals surface area contributed by atoms with Crippen LogP contribution in [0.3, 0.4) is 0 Å². The summed E-state index contributed by atoms with van der Waals surface area (Å²) in [7, 11) is 0. The largest absolute Gasteiger partial charge is 0.478 e. The molecule has 3 heteroatoms. The van der Waals surface area contributed by atoms with Crippen LogP contribution in [0.25, 0.3) is 10.8 Å². The molecule has 0 spiro atoms. The zero-order valence-corrected chi connectivity index (χ0v) is 13.8. The van der Waals surface area contributed by atoms with Gasteiger partial charge in [-0.1, -0.05) is 54.6 Å². The van der Waals surface area contributed by atoms with Crippen molar-refractivity contribution < 1.29 is 14.6 Å². The Morgan fingerprint density at radius 1 is 1.00 bits per heavy atom. The highest BCUT2D eigenvalue weighted by atomic mass is 16.5. The first kappa shape index (κ1) is 16.1. The number of carbonyl (C=O) groups is 1. The first-order valence-electron chi connectivity index (χ1n) is 7.98. The normalized spacial score (nSPS) is 12.1. The number of aryl methyl sites for hydroxylation is 2. The lowest BCUT2D eigenvalue weighted by atomic mass is 10.0. The first-order chi connectivity index (χ1) is 11.5. The van der Waals surface area contributed by atoms with Gasteiger partial charge < -0.3 is 9.84 Å². The summed E-state index contributed by atoms with van der Waals surface area (Å²) in [5, 5.41) is 11.5. The average molecular weight is 320 g/mol. The van der Waals surface area contributed by atoms with Gasteiger partial charge in [-0.25, -0.2) is 4.79 Å². The lowest BCUT2D eigenvalue weighted by Gasteiger charge is -2.17.